The van der Waals surface area contributed by atoms with E-state index in [4.69, 9.17) is 11.6 Å². The monoisotopic (exact) mass is 358 g/mol. The molecule has 7 nitrogen and oxygen atoms in total. The van der Waals surface area contributed by atoms with E-state index in [0.29, 0.717) is 23.7 Å². The highest BCUT2D eigenvalue weighted by Gasteiger charge is 2.37. The third-order valence-electron chi connectivity index (χ3n) is 4.34. The van der Waals surface area contributed by atoms with Crippen molar-refractivity contribution in [2.75, 3.05) is 18.0 Å². The standard InChI is InChI=1S/C17H19ClN6O/c1-11(2)17(25)21-14-9-23(10-16(14)24-6-5-20-22-24)15-7-13(18)4-3-12(15)8-19/h3-7,11,14,16H,9-10H2,1-2H3,(H,21,25)/t14-,16+/m1/s1. The van der Waals surface area contributed by atoms with Crippen molar-refractivity contribution in [1.29, 1.82) is 5.26 Å². The Morgan fingerprint density at radius 2 is 2.24 bits per heavy atom. The zero-order chi connectivity index (χ0) is 18.0. The number of benzene rings is 1. The van der Waals surface area contributed by atoms with Gasteiger partial charge in [-0.15, -0.1) is 5.10 Å². The van der Waals surface area contributed by atoms with Crippen molar-refractivity contribution < 1.29 is 4.79 Å². The smallest absolute Gasteiger partial charge is 0.222 e. The molecule has 0 bridgehead atoms. The first-order chi connectivity index (χ1) is 12.0. The Morgan fingerprint density at radius 3 is 2.88 bits per heavy atom. The van der Waals surface area contributed by atoms with E-state index in [9.17, 15) is 10.1 Å². The van der Waals surface area contributed by atoms with E-state index in [-0.39, 0.29) is 23.9 Å². The van der Waals surface area contributed by atoms with Crippen molar-refractivity contribution in [1.82, 2.24) is 20.3 Å². The molecule has 1 fully saturated rings. The van der Waals surface area contributed by atoms with Crippen LogP contribution in [-0.2, 0) is 4.79 Å². The van der Waals surface area contributed by atoms with Gasteiger partial charge < -0.3 is 10.2 Å². The first-order valence-electron chi connectivity index (χ1n) is 8.10. The lowest BCUT2D eigenvalue weighted by Crippen LogP contribution is -2.43. The van der Waals surface area contributed by atoms with Gasteiger partial charge >= 0.3 is 0 Å². The minimum absolute atomic E-state index is 0.0106. The summed E-state index contributed by atoms with van der Waals surface area (Å²) < 4.78 is 1.75. The fraction of sp³-hybridized carbons (Fsp3) is 0.412. The number of nitriles is 1. The predicted molar refractivity (Wildman–Crippen MR) is 94.2 cm³/mol. The molecule has 1 amide bonds. The number of nitrogens with zero attached hydrogens (tertiary/aromatic N) is 5. The largest absolute Gasteiger partial charge is 0.366 e. The average molecular weight is 359 g/mol. The summed E-state index contributed by atoms with van der Waals surface area (Å²) >= 11 is 6.12. The Hall–Kier alpha value is -2.59. The Balaban J connectivity index is 1.90. The third-order valence-corrected chi connectivity index (χ3v) is 4.58. The molecule has 2 atom stereocenters. The molecule has 3 rings (SSSR count). The molecule has 1 aromatic carbocycles. The van der Waals surface area contributed by atoms with Crippen LogP contribution < -0.4 is 10.2 Å². The van der Waals surface area contributed by atoms with E-state index in [2.05, 4.69) is 26.6 Å². The summed E-state index contributed by atoms with van der Waals surface area (Å²) in [4.78, 5) is 14.2. The number of aromatic nitrogens is 3. The van der Waals surface area contributed by atoms with Gasteiger partial charge in [-0.3, -0.25) is 4.79 Å². The topological polar surface area (TPSA) is 86.8 Å². The number of halogens is 1. The van der Waals surface area contributed by atoms with Crippen LogP contribution in [-0.4, -0.2) is 40.0 Å². The highest BCUT2D eigenvalue weighted by molar-refractivity contribution is 6.30. The van der Waals surface area contributed by atoms with Crippen molar-refractivity contribution >= 4 is 23.2 Å². The van der Waals surface area contributed by atoms with Crippen LogP contribution in [0.3, 0.4) is 0 Å². The van der Waals surface area contributed by atoms with Gasteiger partial charge in [-0.25, -0.2) is 4.68 Å². The first kappa shape index (κ1) is 17.2. The number of anilines is 1. The van der Waals surface area contributed by atoms with Crippen LogP contribution >= 0.6 is 11.6 Å². The molecule has 0 aliphatic carbocycles. The molecule has 0 saturated carbocycles. The van der Waals surface area contributed by atoms with Gasteiger partial charge in [-0.2, -0.15) is 5.26 Å². The van der Waals surface area contributed by atoms with Gasteiger partial charge in [0.05, 0.1) is 29.5 Å². The molecular weight excluding hydrogens is 340 g/mol. The number of carbonyl (C=O) groups is 1. The van der Waals surface area contributed by atoms with Crippen LogP contribution in [0.4, 0.5) is 5.69 Å². The highest BCUT2D eigenvalue weighted by atomic mass is 35.5. The normalized spacial score (nSPS) is 19.9. The van der Waals surface area contributed by atoms with Gasteiger partial charge in [-0.05, 0) is 18.2 Å². The van der Waals surface area contributed by atoms with Crippen molar-refractivity contribution in [2.24, 2.45) is 5.92 Å². The zero-order valence-corrected chi connectivity index (χ0v) is 14.8. The summed E-state index contributed by atoms with van der Waals surface area (Å²) in [6, 6.07) is 7.18. The fourth-order valence-electron chi connectivity index (χ4n) is 3.00. The summed E-state index contributed by atoms with van der Waals surface area (Å²) in [7, 11) is 0. The molecule has 1 aliphatic heterocycles. The maximum atomic E-state index is 12.2. The molecule has 1 saturated heterocycles. The molecule has 1 N–H and O–H groups in total. The molecule has 130 valence electrons. The quantitative estimate of drug-likeness (QED) is 0.903. The molecule has 0 radical (unpaired) electrons. The average Bonchev–Trinajstić information content (AvgIpc) is 3.23. The second-order valence-corrected chi connectivity index (χ2v) is 6.83. The minimum atomic E-state index is -0.137. The molecular formula is C17H19ClN6O. The Labute approximate surface area is 151 Å². The number of carbonyl (C=O) groups excluding carboxylic acids is 1. The van der Waals surface area contributed by atoms with E-state index in [0.717, 1.165) is 5.69 Å². The summed E-state index contributed by atoms with van der Waals surface area (Å²) in [5.74, 6) is -0.116. The molecule has 8 heteroatoms. The SMILES string of the molecule is CC(C)C(=O)N[C@@H]1CN(c2cc(Cl)ccc2C#N)C[C@@H]1n1ccnn1. The van der Waals surface area contributed by atoms with Crippen molar-refractivity contribution in [2.45, 2.75) is 25.9 Å². The minimum Gasteiger partial charge on any atom is -0.366 e. The van der Waals surface area contributed by atoms with Crippen LogP contribution in [0.15, 0.2) is 30.6 Å². The van der Waals surface area contributed by atoms with Gasteiger partial charge in [0.1, 0.15) is 6.07 Å². The summed E-state index contributed by atoms with van der Waals surface area (Å²) in [5.41, 5.74) is 1.32. The van der Waals surface area contributed by atoms with Crippen LogP contribution in [0.25, 0.3) is 0 Å². The Morgan fingerprint density at radius 1 is 1.44 bits per heavy atom. The van der Waals surface area contributed by atoms with Crippen LogP contribution in [0.2, 0.25) is 5.02 Å². The summed E-state index contributed by atoms with van der Waals surface area (Å²) in [6.45, 7) is 4.88. The van der Waals surface area contributed by atoms with Crippen molar-refractivity contribution in [3.05, 3.63) is 41.2 Å². The number of hydrogen-bond acceptors (Lipinski definition) is 5. The van der Waals surface area contributed by atoms with E-state index in [1.807, 2.05) is 13.8 Å². The lowest BCUT2D eigenvalue weighted by molar-refractivity contribution is -0.124. The van der Waals surface area contributed by atoms with Gasteiger partial charge in [0.15, 0.2) is 0 Å². The van der Waals surface area contributed by atoms with Gasteiger partial charge in [0.2, 0.25) is 5.91 Å². The molecule has 1 aliphatic rings. The third kappa shape index (κ3) is 3.59. The number of amides is 1. The van der Waals surface area contributed by atoms with Crippen molar-refractivity contribution in [3.8, 4) is 6.07 Å². The number of rotatable bonds is 4. The van der Waals surface area contributed by atoms with E-state index >= 15 is 0 Å². The zero-order valence-electron chi connectivity index (χ0n) is 14.1. The molecule has 0 spiro atoms. The van der Waals surface area contributed by atoms with E-state index < -0.39 is 0 Å². The van der Waals surface area contributed by atoms with E-state index in [1.54, 1.807) is 35.3 Å². The molecule has 2 heterocycles. The summed E-state index contributed by atoms with van der Waals surface area (Å²) in [6.07, 6.45) is 3.40. The number of nitrogens with one attached hydrogen (secondary N) is 1. The van der Waals surface area contributed by atoms with Crippen LogP contribution in [0, 0.1) is 17.2 Å². The second kappa shape index (κ2) is 7.11. The molecule has 1 aromatic heterocycles. The van der Waals surface area contributed by atoms with Crippen LogP contribution in [0.1, 0.15) is 25.5 Å². The molecule has 25 heavy (non-hydrogen) atoms. The maximum Gasteiger partial charge on any atom is 0.222 e. The van der Waals surface area contributed by atoms with Gasteiger partial charge in [0, 0.05) is 30.2 Å². The summed E-state index contributed by atoms with van der Waals surface area (Å²) in [5, 5.41) is 21.0. The number of hydrogen-bond donors (Lipinski definition) is 1. The van der Waals surface area contributed by atoms with E-state index in [1.165, 1.54) is 0 Å². The Kier molecular flexibility index (Phi) is 4.91. The second-order valence-electron chi connectivity index (χ2n) is 6.40. The lowest BCUT2D eigenvalue weighted by atomic mass is 10.1. The lowest BCUT2D eigenvalue weighted by Gasteiger charge is -2.20. The van der Waals surface area contributed by atoms with Gasteiger partial charge in [-0.1, -0.05) is 30.7 Å². The molecule has 2 aromatic rings. The van der Waals surface area contributed by atoms with Crippen molar-refractivity contribution in [3.63, 3.8) is 0 Å². The first-order valence-corrected chi connectivity index (χ1v) is 8.48. The highest BCUT2D eigenvalue weighted by Crippen LogP contribution is 2.31. The Bertz CT molecular complexity index is 798. The van der Waals surface area contributed by atoms with Gasteiger partial charge in [0.25, 0.3) is 0 Å². The maximum absolute atomic E-state index is 12.2. The van der Waals surface area contributed by atoms with Crippen LogP contribution in [0.5, 0.6) is 0 Å². The molecule has 0 unspecified atom stereocenters. The fourth-order valence-corrected chi connectivity index (χ4v) is 3.16. The predicted octanol–water partition coefficient (Wildman–Crippen LogP) is 2.01.